The molecule has 2 saturated heterocycles. The van der Waals surface area contributed by atoms with Crippen LogP contribution in [0.3, 0.4) is 0 Å². The maximum Gasteiger partial charge on any atom is 0.338 e. The highest BCUT2D eigenvalue weighted by Crippen LogP contribution is 2.37. The second-order valence-corrected chi connectivity index (χ2v) is 13.6. The molecule has 0 N–H and O–H groups in total. The van der Waals surface area contributed by atoms with Crippen molar-refractivity contribution in [2.24, 2.45) is 0 Å². The maximum atomic E-state index is 14.2. The molecule has 0 radical (unpaired) electrons. The fraction of sp³-hybridized carbons (Fsp3) is 0.529. The van der Waals surface area contributed by atoms with Crippen LogP contribution in [0.5, 0.6) is 5.75 Å². The van der Waals surface area contributed by atoms with E-state index >= 15 is 0 Å². The number of likely N-dealkylation sites (tertiary alicyclic amines) is 1. The number of ether oxygens (including phenoxy) is 2. The number of unbranched alkanes of at least 4 members (excludes halogenated alkanes) is 1. The standard InChI is InChI=1S/C34H46N4O5S/c1-3-5-24-43-28-11-13-29(14-12-28)44(40,41)32-26-35-31-15-10-27(34(39)42-4-2)25-30(31)33(32)38-19-9-18-37(22-23-38)21-20-36-16-7-6-8-17-36/h10-15,25-26H,3-9,16-24H2,1-2H3. The van der Waals surface area contributed by atoms with Gasteiger partial charge in [-0.3, -0.25) is 4.98 Å². The van der Waals surface area contributed by atoms with E-state index in [2.05, 4.69) is 26.6 Å². The third-order valence-corrected chi connectivity index (χ3v) is 10.4. The van der Waals surface area contributed by atoms with Crippen molar-refractivity contribution in [3.05, 3.63) is 54.2 Å². The fourth-order valence-corrected chi connectivity index (χ4v) is 7.52. The number of carbonyl (C=O) groups excluding carboxylic acids is 1. The van der Waals surface area contributed by atoms with Crippen LogP contribution in [0, 0.1) is 0 Å². The Morgan fingerprint density at radius 1 is 0.864 bits per heavy atom. The van der Waals surface area contributed by atoms with Crippen molar-refractivity contribution in [1.82, 2.24) is 14.8 Å². The number of benzene rings is 2. The molecule has 9 nitrogen and oxygen atoms in total. The monoisotopic (exact) mass is 622 g/mol. The first kappa shape index (κ1) is 32.2. The number of sulfone groups is 1. The van der Waals surface area contributed by atoms with Gasteiger partial charge >= 0.3 is 5.97 Å². The number of esters is 1. The van der Waals surface area contributed by atoms with E-state index in [1.165, 1.54) is 38.5 Å². The zero-order valence-corrected chi connectivity index (χ0v) is 27.0. The molecule has 238 valence electrons. The molecule has 2 aliphatic heterocycles. The molecule has 44 heavy (non-hydrogen) atoms. The van der Waals surface area contributed by atoms with E-state index in [0.29, 0.717) is 47.6 Å². The van der Waals surface area contributed by atoms with Crippen LogP contribution in [0.15, 0.2) is 58.5 Å². The lowest BCUT2D eigenvalue weighted by molar-refractivity contribution is 0.0526. The minimum Gasteiger partial charge on any atom is -0.494 e. The predicted octanol–water partition coefficient (Wildman–Crippen LogP) is 5.42. The number of aromatic nitrogens is 1. The summed E-state index contributed by atoms with van der Waals surface area (Å²) in [6.07, 6.45) is 8.23. The summed E-state index contributed by atoms with van der Waals surface area (Å²) in [6.45, 7) is 12.3. The Hall–Kier alpha value is -3.21. The molecule has 3 heterocycles. The number of hydrogen-bond donors (Lipinski definition) is 0. The smallest absolute Gasteiger partial charge is 0.338 e. The van der Waals surface area contributed by atoms with E-state index in [0.717, 1.165) is 45.4 Å². The first-order valence-corrected chi connectivity index (χ1v) is 17.7. The number of hydrogen-bond acceptors (Lipinski definition) is 9. The first-order chi connectivity index (χ1) is 21.4. The summed E-state index contributed by atoms with van der Waals surface area (Å²) in [5.74, 6) is 0.206. The van der Waals surface area contributed by atoms with Crippen molar-refractivity contribution in [2.75, 3.05) is 70.5 Å². The molecule has 2 aromatic carbocycles. The minimum absolute atomic E-state index is 0.146. The second-order valence-electron chi connectivity index (χ2n) is 11.7. The summed E-state index contributed by atoms with van der Waals surface area (Å²) in [5, 5.41) is 0.637. The summed E-state index contributed by atoms with van der Waals surface area (Å²) in [7, 11) is -3.94. The van der Waals surface area contributed by atoms with Crippen molar-refractivity contribution in [1.29, 1.82) is 0 Å². The van der Waals surface area contributed by atoms with Gasteiger partial charge in [-0.1, -0.05) is 19.8 Å². The number of pyridine rings is 1. The minimum atomic E-state index is -3.94. The van der Waals surface area contributed by atoms with E-state index in [4.69, 9.17) is 9.47 Å². The summed E-state index contributed by atoms with van der Waals surface area (Å²) < 4.78 is 39.5. The Labute approximate surface area is 262 Å². The van der Waals surface area contributed by atoms with Crippen molar-refractivity contribution >= 4 is 32.4 Å². The number of piperidine rings is 1. The van der Waals surface area contributed by atoms with Gasteiger partial charge in [0.1, 0.15) is 10.6 Å². The highest BCUT2D eigenvalue weighted by Gasteiger charge is 2.29. The van der Waals surface area contributed by atoms with Crippen LogP contribution in [0.2, 0.25) is 0 Å². The molecular formula is C34H46N4O5S. The Morgan fingerprint density at radius 3 is 2.32 bits per heavy atom. The number of nitrogens with zero attached hydrogens (tertiary/aromatic N) is 4. The molecule has 0 saturated carbocycles. The van der Waals surface area contributed by atoms with Gasteiger partial charge in [0.15, 0.2) is 0 Å². The lowest BCUT2D eigenvalue weighted by Crippen LogP contribution is -2.39. The van der Waals surface area contributed by atoms with E-state index in [1.54, 1.807) is 49.4 Å². The van der Waals surface area contributed by atoms with E-state index in [9.17, 15) is 13.2 Å². The van der Waals surface area contributed by atoms with Crippen molar-refractivity contribution in [2.45, 2.75) is 62.2 Å². The molecule has 2 aliphatic rings. The molecule has 0 atom stereocenters. The molecular weight excluding hydrogens is 576 g/mol. The maximum absolute atomic E-state index is 14.2. The SMILES string of the molecule is CCCCOc1ccc(S(=O)(=O)c2cnc3ccc(C(=O)OCC)cc3c2N2CCCN(CCN3CCCCC3)CC2)cc1. The summed E-state index contributed by atoms with van der Waals surface area (Å²) >= 11 is 0. The van der Waals surface area contributed by atoms with Crippen molar-refractivity contribution in [3.63, 3.8) is 0 Å². The molecule has 0 unspecified atom stereocenters. The van der Waals surface area contributed by atoms with E-state index in [-0.39, 0.29) is 16.4 Å². The number of anilines is 1. The number of rotatable bonds is 12. The molecule has 10 heteroatoms. The third-order valence-electron chi connectivity index (χ3n) is 8.59. The largest absolute Gasteiger partial charge is 0.494 e. The quantitative estimate of drug-likeness (QED) is 0.194. The van der Waals surface area contributed by atoms with Crippen LogP contribution >= 0.6 is 0 Å². The average molecular weight is 623 g/mol. The van der Waals surface area contributed by atoms with Gasteiger partial charge < -0.3 is 24.2 Å². The Balaban J connectivity index is 1.48. The van der Waals surface area contributed by atoms with Gasteiger partial charge in [0.25, 0.3) is 0 Å². The van der Waals surface area contributed by atoms with Crippen LogP contribution in [0.4, 0.5) is 5.69 Å². The molecule has 0 amide bonds. The Bertz CT molecular complexity index is 1510. The first-order valence-electron chi connectivity index (χ1n) is 16.2. The van der Waals surface area contributed by atoms with Gasteiger partial charge in [0.2, 0.25) is 9.84 Å². The molecule has 1 aromatic heterocycles. The Kier molecular flexibility index (Phi) is 11.1. The van der Waals surface area contributed by atoms with Crippen LogP contribution in [-0.2, 0) is 14.6 Å². The van der Waals surface area contributed by atoms with Crippen LogP contribution in [0.1, 0.15) is 62.7 Å². The van der Waals surface area contributed by atoms with E-state index in [1.807, 2.05) is 0 Å². The van der Waals surface area contributed by atoms with Crippen molar-refractivity contribution in [3.8, 4) is 5.75 Å². The molecule has 2 fully saturated rings. The zero-order chi connectivity index (χ0) is 30.9. The Morgan fingerprint density at radius 2 is 1.59 bits per heavy atom. The highest BCUT2D eigenvalue weighted by atomic mass is 32.2. The lowest BCUT2D eigenvalue weighted by Gasteiger charge is -2.30. The summed E-state index contributed by atoms with van der Waals surface area (Å²) in [5.41, 5.74) is 1.61. The van der Waals surface area contributed by atoms with Gasteiger partial charge in [-0.15, -0.1) is 0 Å². The lowest BCUT2D eigenvalue weighted by atomic mass is 10.1. The molecule has 3 aromatic rings. The van der Waals surface area contributed by atoms with Crippen LogP contribution < -0.4 is 9.64 Å². The predicted molar refractivity (Wildman–Crippen MR) is 174 cm³/mol. The van der Waals surface area contributed by atoms with Gasteiger partial charge in [-0.05, 0) is 94.7 Å². The highest BCUT2D eigenvalue weighted by molar-refractivity contribution is 7.91. The number of fused-ring (bicyclic) bond motifs is 1. The van der Waals surface area contributed by atoms with Gasteiger partial charge in [-0.25, -0.2) is 13.2 Å². The molecule has 5 rings (SSSR count). The summed E-state index contributed by atoms with van der Waals surface area (Å²) in [4.78, 5) is 24.8. The van der Waals surface area contributed by atoms with Gasteiger partial charge in [-0.2, -0.15) is 0 Å². The average Bonchev–Trinajstić information content (AvgIpc) is 3.29. The normalized spacial score (nSPS) is 17.0. The molecule has 0 spiro atoms. The molecule has 0 bridgehead atoms. The topological polar surface area (TPSA) is 92.3 Å². The third kappa shape index (κ3) is 7.71. The van der Waals surface area contributed by atoms with Crippen molar-refractivity contribution < 1.29 is 22.7 Å². The zero-order valence-electron chi connectivity index (χ0n) is 26.2. The second kappa shape index (κ2) is 15.2. The molecule has 0 aliphatic carbocycles. The van der Waals surface area contributed by atoms with Gasteiger partial charge in [0, 0.05) is 44.3 Å². The van der Waals surface area contributed by atoms with Crippen LogP contribution in [-0.4, -0.2) is 94.7 Å². The van der Waals surface area contributed by atoms with Gasteiger partial charge in [0.05, 0.1) is 34.9 Å². The summed E-state index contributed by atoms with van der Waals surface area (Å²) in [6, 6.07) is 11.8. The van der Waals surface area contributed by atoms with E-state index < -0.39 is 15.8 Å². The fourth-order valence-electron chi connectivity index (χ4n) is 6.08. The van der Waals surface area contributed by atoms with Crippen LogP contribution in [0.25, 0.3) is 10.9 Å². The number of carbonyl (C=O) groups is 1.